The number of amides is 1. The van der Waals surface area contributed by atoms with Crippen molar-refractivity contribution in [2.24, 2.45) is 0 Å². The Bertz CT molecular complexity index is 884. The zero-order valence-electron chi connectivity index (χ0n) is 15.2. The van der Waals surface area contributed by atoms with Gasteiger partial charge in [-0.15, -0.1) is 12.4 Å². The number of nitrogen functional groups attached to an aromatic ring is 1. The molecule has 2 N–H and O–H groups in total. The lowest BCUT2D eigenvalue weighted by Gasteiger charge is -2.34. The van der Waals surface area contributed by atoms with E-state index in [-0.39, 0.29) is 48.5 Å². The highest BCUT2D eigenvalue weighted by Crippen LogP contribution is 2.24. The number of aromatic nitrogens is 1. The molecule has 0 saturated carbocycles. The molecule has 10 heteroatoms. The molecule has 1 fully saturated rings. The maximum atomic E-state index is 12.8. The standard InChI is InChI=1S/C17H22N4O4S.ClH/c1-12-17(13(2)25-19-12)26(23,24)21-9-7-20(8-10-21)16(22)11-14-3-5-15(18)6-4-14;/h3-6H,7-11,18H2,1-2H3;1H. The molecule has 0 radical (unpaired) electrons. The molecule has 1 aliphatic heterocycles. The molecule has 0 atom stereocenters. The fourth-order valence-electron chi connectivity index (χ4n) is 3.07. The van der Waals surface area contributed by atoms with E-state index in [9.17, 15) is 13.2 Å². The van der Waals surface area contributed by atoms with Crippen LogP contribution in [0, 0.1) is 13.8 Å². The van der Waals surface area contributed by atoms with E-state index in [4.69, 9.17) is 10.3 Å². The Kier molecular flexibility index (Phi) is 6.50. The Labute approximate surface area is 164 Å². The van der Waals surface area contributed by atoms with Gasteiger partial charge in [0.2, 0.25) is 15.9 Å². The number of piperazine rings is 1. The number of rotatable bonds is 4. The van der Waals surface area contributed by atoms with Crippen LogP contribution in [-0.2, 0) is 21.2 Å². The molecule has 0 bridgehead atoms. The van der Waals surface area contributed by atoms with Crippen LogP contribution in [0.3, 0.4) is 0 Å². The quantitative estimate of drug-likeness (QED) is 0.756. The first-order chi connectivity index (χ1) is 12.3. The highest BCUT2D eigenvalue weighted by atomic mass is 35.5. The van der Waals surface area contributed by atoms with Gasteiger partial charge < -0.3 is 15.2 Å². The van der Waals surface area contributed by atoms with Crippen molar-refractivity contribution in [2.45, 2.75) is 25.2 Å². The summed E-state index contributed by atoms with van der Waals surface area (Å²) in [5.74, 6) is 0.258. The molecule has 1 aromatic carbocycles. The Hall–Kier alpha value is -2.10. The highest BCUT2D eigenvalue weighted by molar-refractivity contribution is 7.89. The number of anilines is 1. The van der Waals surface area contributed by atoms with Crippen LogP contribution in [0.4, 0.5) is 5.69 Å². The summed E-state index contributed by atoms with van der Waals surface area (Å²) in [6, 6.07) is 7.17. The van der Waals surface area contributed by atoms with E-state index >= 15 is 0 Å². The van der Waals surface area contributed by atoms with E-state index < -0.39 is 10.0 Å². The largest absolute Gasteiger partial charge is 0.399 e. The number of sulfonamides is 1. The van der Waals surface area contributed by atoms with E-state index in [2.05, 4.69) is 5.16 Å². The van der Waals surface area contributed by atoms with Crippen molar-refractivity contribution in [1.82, 2.24) is 14.4 Å². The molecule has 3 rings (SSSR count). The second kappa shape index (κ2) is 8.28. The number of aryl methyl sites for hydroxylation is 2. The summed E-state index contributed by atoms with van der Waals surface area (Å²) in [5.41, 5.74) is 7.54. The Morgan fingerprint density at radius 2 is 1.74 bits per heavy atom. The molecule has 2 aromatic rings. The van der Waals surface area contributed by atoms with Crippen molar-refractivity contribution in [1.29, 1.82) is 0 Å². The van der Waals surface area contributed by atoms with Crippen molar-refractivity contribution < 1.29 is 17.7 Å². The van der Waals surface area contributed by atoms with Crippen LogP contribution in [0.5, 0.6) is 0 Å². The Morgan fingerprint density at radius 3 is 2.26 bits per heavy atom. The number of nitrogens with two attached hydrogens (primary N) is 1. The fraction of sp³-hybridized carbons (Fsp3) is 0.412. The second-order valence-electron chi connectivity index (χ2n) is 6.36. The van der Waals surface area contributed by atoms with Crippen LogP contribution in [0.1, 0.15) is 17.0 Å². The summed E-state index contributed by atoms with van der Waals surface area (Å²) >= 11 is 0. The van der Waals surface area contributed by atoms with Gasteiger partial charge in [0.1, 0.15) is 10.6 Å². The number of carbonyl (C=O) groups is 1. The van der Waals surface area contributed by atoms with Gasteiger partial charge in [-0.1, -0.05) is 17.3 Å². The lowest BCUT2D eigenvalue weighted by atomic mass is 10.1. The molecular formula is C17H23ClN4O4S. The van der Waals surface area contributed by atoms with Crippen molar-refractivity contribution >= 4 is 34.0 Å². The minimum absolute atomic E-state index is 0. The molecule has 2 heterocycles. The summed E-state index contributed by atoms with van der Waals surface area (Å²) < 4.78 is 32.0. The third kappa shape index (κ3) is 4.42. The van der Waals surface area contributed by atoms with Gasteiger partial charge in [0.05, 0.1) is 6.42 Å². The third-order valence-corrected chi connectivity index (χ3v) is 6.64. The Morgan fingerprint density at radius 1 is 1.15 bits per heavy atom. The van der Waals surface area contributed by atoms with Gasteiger partial charge in [-0.05, 0) is 31.5 Å². The van der Waals surface area contributed by atoms with E-state index in [1.165, 1.54) is 4.31 Å². The van der Waals surface area contributed by atoms with E-state index in [0.717, 1.165) is 5.56 Å². The van der Waals surface area contributed by atoms with Crippen LogP contribution in [0.2, 0.25) is 0 Å². The molecule has 0 spiro atoms. The summed E-state index contributed by atoms with van der Waals surface area (Å²) in [4.78, 5) is 14.3. The average Bonchev–Trinajstić information content (AvgIpc) is 2.96. The summed E-state index contributed by atoms with van der Waals surface area (Å²) in [6.45, 7) is 4.40. The third-order valence-electron chi connectivity index (χ3n) is 4.49. The average molecular weight is 415 g/mol. The van der Waals surface area contributed by atoms with Crippen molar-refractivity contribution in [3.63, 3.8) is 0 Å². The number of nitrogens with zero attached hydrogens (tertiary/aromatic N) is 3. The highest BCUT2D eigenvalue weighted by Gasteiger charge is 2.34. The molecular weight excluding hydrogens is 392 g/mol. The lowest BCUT2D eigenvalue weighted by molar-refractivity contribution is -0.131. The van der Waals surface area contributed by atoms with Gasteiger partial charge in [-0.3, -0.25) is 4.79 Å². The summed E-state index contributed by atoms with van der Waals surface area (Å²) in [7, 11) is -3.67. The molecule has 27 heavy (non-hydrogen) atoms. The van der Waals surface area contributed by atoms with Gasteiger partial charge in [0.25, 0.3) is 0 Å². The van der Waals surface area contributed by atoms with Crippen LogP contribution in [0.15, 0.2) is 33.7 Å². The molecule has 1 amide bonds. The van der Waals surface area contributed by atoms with Crippen molar-refractivity contribution in [3.8, 4) is 0 Å². The molecule has 0 aliphatic carbocycles. The van der Waals surface area contributed by atoms with Gasteiger partial charge in [0.15, 0.2) is 5.76 Å². The van der Waals surface area contributed by atoms with E-state index in [1.54, 1.807) is 30.9 Å². The minimum Gasteiger partial charge on any atom is -0.399 e. The normalized spacial score (nSPS) is 15.4. The second-order valence-corrected chi connectivity index (χ2v) is 8.23. The first-order valence-corrected chi connectivity index (χ1v) is 9.78. The van der Waals surface area contributed by atoms with Crippen molar-refractivity contribution in [2.75, 3.05) is 31.9 Å². The van der Waals surface area contributed by atoms with Gasteiger partial charge in [0, 0.05) is 31.9 Å². The number of benzene rings is 1. The maximum absolute atomic E-state index is 12.8. The number of hydrogen-bond acceptors (Lipinski definition) is 6. The molecule has 8 nitrogen and oxygen atoms in total. The van der Waals surface area contributed by atoms with Crippen LogP contribution in [0.25, 0.3) is 0 Å². The summed E-state index contributed by atoms with van der Waals surface area (Å²) in [5, 5.41) is 3.72. The topological polar surface area (TPSA) is 110 Å². The maximum Gasteiger partial charge on any atom is 0.248 e. The number of carbonyl (C=O) groups excluding carboxylic acids is 1. The predicted molar refractivity (Wildman–Crippen MR) is 103 cm³/mol. The summed E-state index contributed by atoms with van der Waals surface area (Å²) in [6.07, 6.45) is 0.275. The molecule has 148 valence electrons. The molecule has 0 unspecified atom stereocenters. The predicted octanol–water partition coefficient (Wildman–Crippen LogP) is 1.37. The number of hydrogen-bond donors (Lipinski definition) is 1. The van der Waals surface area contributed by atoms with Crippen molar-refractivity contribution in [3.05, 3.63) is 41.3 Å². The van der Waals surface area contributed by atoms with Gasteiger partial charge >= 0.3 is 0 Å². The number of halogens is 1. The van der Waals surface area contributed by atoms with Crippen LogP contribution in [-0.4, -0.2) is 54.9 Å². The Balaban J connectivity index is 0.00000261. The smallest absolute Gasteiger partial charge is 0.248 e. The lowest BCUT2D eigenvalue weighted by Crippen LogP contribution is -2.51. The molecule has 1 aliphatic rings. The first kappa shape index (κ1) is 21.2. The minimum atomic E-state index is -3.67. The SMILES string of the molecule is Cc1noc(C)c1S(=O)(=O)N1CCN(C(=O)Cc2ccc(N)cc2)CC1.Cl. The van der Waals surface area contributed by atoms with E-state index in [1.807, 2.05) is 12.1 Å². The van der Waals surface area contributed by atoms with Gasteiger partial charge in [-0.2, -0.15) is 4.31 Å². The zero-order chi connectivity index (χ0) is 18.9. The molecule has 1 aromatic heterocycles. The van der Waals surface area contributed by atoms with E-state index in [0.29, 0.717) is 24.5 Å². The molecule has 1 saturated heterocycles. The zero-order valence-corrected chi connectivity index (χ0v) is 16.8. The monoisotopic (exact) mass is 414 g/mol. The van der Waals surface area contributed by atoms with Crippen LogP contribution >= 0.6 is 12.4 Å². The first-order valence-electron chi connectivity index (χ1n) is 8.34. The van der Waals surface area contributed by atoms with Gasteiger partial charge in [-0.25, -0.2) is 8.42 Å². The fourth-order valence-corrected chi connectivity index (χ4v) is 4.79. The van der Waals surface area contributed by atoms with Crippen LogP contribution < -0.4 is 5.73 Å².